The molecule has 2 rings (SSSR count). The maximum absolute atomic E-state index is 12.3. The number of carbonyl (C=O) groups is 1. The predicted octanol–water partition coefficient (Wildman–Crippen LogP) is 2.72. The molecule has 21 heavy (non-hydrogen) atoms. The number of anilines is 2. The molecule has 5 nitrogen and oxygen atoms in total. The highest BCUT2D eigenvalue weighted by Gasteiger charge is 2.13. The Hall–Kier alpha value is -2.43. The SMILES string of the molecule is Cc1ccc(NC(=O)c2cnc(N(C)C)nc2C)cc1C. The number of nitrogens with one attached hydrogen (secondary N) is 1. The van der Waals surface area contributed by atoms with Crippen molar-refractivity contribution in [2.45, 2.75) is 20.8 Å². The lowest BCUT2D eigenvalue weighted by atomic mass is 10.1. The summed E-state index contributed by atoms with van der Waals surface area (Å²) < 4.78 is 0. The molecule has 0 saturated heterocycles. The van der Waals surface area contributed by atoms with Gasteiger partial charge in [0.1, 0.15) is 0 Å². The molecule has 0 aliphatic carbocycles. The molecule has 0 aliphatic heterocycles. The summed E-state index contributed by atoms with van der Waals surface area (Å²) in [5.41, 5.74) is 4.26. The highest BCUT2D eigenvalue weighted by molar-refractivity contribution is 6.04. The van der Waals surface area contributed by atoms with Gasteiger partial charge in [-0.05, 0) is 44.0 Å². The molecule has 1 aromatic carbocycles. The number of benzene rings is 1. The zero-order valence-electron chi connectivity index (χ0n) is 13.1. The average molecular weight is 284 g/mol. The van der Waals surface area contributed by atoms with E-state index in [1.54, 1.807) is 11.1 Å². The number of hydrogen-bond donors (Lipinski definition) is 1. The first-order chi connectivity index (χ1) is 9.88. The maximum atomic E-state index is 12.3. The second kappa shape index (κ2) is 5.91. The molecule has 0 radical (unpaired) electrons. The van der Waals surface area contributed by atoms with Crippen LogP contribution in [0.1, 0.15) is 27.2 Å². The molecule has 1 N–H and O–H groups in total. The summed E-state index contributed by atoms with van der Waals surface area (Å²) in [4.78, 5) is 22.6. The van der Waals surface area contributed by atoms with Crippen molar-refractivity contribution in [2.24, 2.45) is 0 Å². The average Bonchev–Trinajstić information content (AvgIpc) is 2.42. The van der Waals surface area contributed by atoms with Crippen LogP contribution in [-0.4, -0.2) is 30.0 Å². The lowest BCUT2D eigenvalue weighted by molar-refractivity contribution is 0.102. The Bertz CT molecular complexity index is 680. The first kappa shape index (κ1) is 15.0. The van der Waals surface area contributed by atoms with E-state index in [-0.39, 0.29) is 5.91 Å². The van der Waals surface area contributed by atoms with Crippen LogP contribution in [0.25, 0.3) is 0 Å². The topological polar surface area (TPSA) is 58.1 Å². The Kier molecular flexibility index (Phi) is 4.21. The summed E-state index contributed by atoms with van der Waals surface area (Å²) in [6.45, 7) is 5.87. The minimum atomic E-state index is -0.193. The van der Waals surface area contributed by atoms with Crippen LogP contribution in [0.5, 0.6) is 0 Å². The van der Waals surface area contributed by atoms with E-state index in [0.717, 1.165) is 11.3 Å². The summed E-state index contributed by atoms with van der Waals surface area (Å²) in [7, 11) is 3.73. The number of aromatic nitrogens is 2. The second-order valence-electron chi connectivity index (χ2n) is 5.32. The van der Waals surface area contributed by atoms with Crippen molar-refractivity contribution < 1.29 is 4.79 Å². The number of carbonyl (C=O) groups excluding carboxylic acids is 1. The minimum absolute atomic E-state index is 0.193. The van der Waals surface area contributed by atoms with Crippen molar-refractivity contribution >= 4 is 17.5 Å². The van der Waals surface area contributed by atoms with Gasteiger partial charge in [0.15, 0.2) is 0 Å². The van der Waals surface area contributed by atoms with E-state index in [1.165, 1.54) is 5.56 Å². The van der Waals surface area contributed by atoms with Crippen LogP contribution >= 0.6 is 0 Å². The molecule has 0 unspecified atom stereocenters. The van der Waals surface area contributed by atoms with Gasteiger partial charge < -0.3 is 10.2 Å². The first-order valence-corrected chi connectivity index (χ1v) is 6.78. The van der Waals surface area contributed by atoms with Crippen molar-refractivity contribution in [1.82, 2.24) is 9.97 Å². The third-order valence-corrected chi connectivity index (χ3v) is 3.38. The van der Waals surface area contributed by atoms with Gasteiger partial charge in [0, 0.05) is 26.0 Å². The van der Waals surface area contributed by atoms with Crippen LogP contribution in [0.3, 0.4) is 0 Å². The lowest BCUT2D eigenvalue weighted by Gasteiger charge is -2.12. The van der Waals surface area contributed by atoms with E-state index < -0.39 is 0 Å². The minimum Gasteiger partial charge on any atom is -0.347 e. The van der Waals surface area contributed by atoms with Gasteiger partial charge in [-0.15, -0.1) is 0 Å². The van der Waals surface area contributed by atoms with Crippen molar-refractivity contribution in [2.75, 3.05) is 24.3 Å². The summed E-state index contributed by atoms with van der Waals surface area (Å²) >= 11 is 0. The Morgan fingerprint density at radius 2 is 1.86 bits per heavy atom. The van der Waals surface area contributed by atoms with Crippen LogP contribution in [-0.2, 0) is 0 Å². The van der Waals surface area contributed by atoms with Crippen LogP contribution in [0.2, 0.25) is 0 Å². The fraction of sp³-hybridized carbons (Fsp3) is 0.312. The molecular weight excluding hydrogens is 264 g/mol. The van der Waals surface area contributed by atoms with Crippen LogP contribution in [0.15, 0.2) is 24.4 Å². The molecule has 1 amide bonds. The number of amides is 1. The molecular formula is C16H20N4O. The van der Waals surface area contributed by atoms with Gasteiger partial charge in [-0.3, -0.25) is 4.79 Å². The van der Waals surface area contributed by atoms with E-state index in [2.05, 4.69) is 15.3 Å². The monoisotopic (exact) mass is 284 g/mol. The van der Waals surface area contributed by atoms with Gasteiger partial charge in [0.05, 0.1) is 11.3 Å². The number of aryl methyl sites for hydroxylation is 3. The molecule has 5 heteroatoms. The first-order valence-electron chi connectivity index (χ1n) is 6.78. The third kappa shape index (κ3) is 3.37. The number of nitrogens with zero attached hydrogens (tertiary/aromatic N) is 3. The summed E-state index contributed by atoms with van der Waals surface area (Å²) in [5, 5.41) is 2.88. The van der Waals surface area contributed by atoms with Crippen LogP contribution in [0, 0.1) is 20.8 Å². The standard InChI is InChI=1S/C16H20N4O/c1-10-6-7-13(8-11(10)2)19-15(21)14-9-17-16(20(4)5)18-12(14)3/h6-9H,1-5H3,(H,19,21). The van der Waals surface area contributed by atoms with E-state index in [0.29, 0.717) is 17.2 Å². The van der Waals surface area contributed by atoms with Crippen LogP contribution < -0.4 is 10.2 Å². The summed E-state index contributed by atoms with van der Waals surface area (Å²) in [5.74, 6) is 0.399. The molecule has 110 valence electrons. The molecule has 0 spiro atoms. The Balaban J connectivity index is 2.22. The zero-order valence-corrected chi connectivity index (χ0v) is 13.1. The van der Waals surface area contributed by atoms with E-state index in [9.17, 15) is 4.79 Å². The van der Waals surface area contributed by atoms with E-state index >= 15 is 0 Å². The predicted molar refractivity (Wildman–Crippen MR) is 85.0 cm³/mol. The lowest BCUT2D eigenvalue weighted by Crippen LogP contribution is -2.18. The Morgan fingerprint density at radius 1 is 1.14 bits per heavy atom. The largest absolute Gasteiger partial charge is 0.347 e. The normalized spacial score (nSPS) is 10.3. The number of rotatable bonds is 3. The Labute approximate surface area is 125 Å². The van der Waals surface area contributed by atoms with Gasteiger partial charge in [0.25, 0.3) is 5.91 Å². The quantitative estimate of drug-likeness (QED) is 0.941. The fourth-order valence-corrected chi connectivity index (χ4v) is 1.91. The zero-order chi connectivity index (χ0) is 15.6. The van der Waals surface area contributed by atoms with Gasteiger partial charge in [0.2, 0.25) is 5.95 Å². The smallest absolute Gasteiger partial charge is 0.259 e. The van der Waals surface area contributed by atoms with Crippen molar-refractivity contribution in [3.8, 4) is 0 Å². The second-order valence-corrected chi connectivity index (χ2v) is 5.32. The van der Waals surface area contributed by atoms with Crippen LogP contribution in [0.4, 0.5) is 11.6 Å². The van der Waals surface area contributed by atoms with Gasteiger partial charge in [-0.2, -0.15) is 0 Å². The molecule has 2 aromatic rings. The number of hydrogen-bond acceptors (Lipinski definition) is 4. The summed E-state index contributed by atoms with van der Waals surface area (Å²) in [6, 6.07) is 5.84. The fourth-order valence-electron chi connectivity index (χ4n) is 1.91. The van der Waals surface area contributed by atoms with Gasteiger partial charge in [-0.1, -0.05) is 6.07 Å². The van der Waals surface area contributed by atoms with Crippen molar-refractivity contribution in [3.63, 3.8) is 0 Å². The molecule has 0 atom stereocenters. The highest BCUT2D eigenvalue weighted by Crippen LogP contribution is 2.16. The highest BCUT2D eigenvalue weighted by atomic mass is 16.1. The maximum Gasteiger partial charge on any atom is 0.259 e. The molecule has 0 aliphatic rings. The van der Waals surface area contributed by atoms with Crippen molar-refractivity contribution in [3.05, 3.63) is 46.8 Å². The molecule has 0 bridgehead atoms. The summed E-state index contributed by atoms with van der Waals surface area (Å²) in [6.07, 6.45) is 1.56. The van der Waals surface area contributed by atoms with Gasteiger partial charge in [-0.25, -0.2) is 9.97 Å². The molecule has 1 heterocycles. The third-order valence-electron chi connectivity index (χ3n) is 3.38. The van der Waals surface area contributed by atoms with Crippen molar-refractivity contribution in [1.29, 1.82) is 0 Å². The molecule has 0 fully saturated rings. The van der Waals surface area contributed by atoms with E-state index in [1.807, 2.05) is 53.1 Å². The Morgan fingerprint density at radius 3 is 2.43 bits per heavy atom. The van der Waals surface area contributed by atoms with Gasteiger partial charge >= 0.3 is 0 Å². The molecule has 1 aromatic heterocycles. The van der Waals surface area contributed by atoms with E-state index in [4.69, 9.17) is 0 Å². The molecule has 0 saturated carbocycles.